The van der Waals surface area contributed by atoms with E-state index < -0.39 is 0 Å². The Kier molecular flexibility index (Phi) is 9.07. The molecule has 0 aliphatic carbocycles. The van der Waals surface area contributed by atoms with Gasteiger partial charge in [-0.15, -0.1) is 11.3 Å². The van der Waals surface area contributed by atoms with Crippen molar-refractivity contribution in [3.63, 3.8) is 0 Å². The lowest BCUT2D eigenvalue weighted by Crippen LogP contribution is -2.32. The van der Waals surface area contributed by atoms with Gasteiger partial charge in [-0.05, 0) is 30.9 Å². The van der Waals surface area contributed by atoms with Crippen LogP contribution < -0.4 is 5.32 Å². The molecule has 2 aromatic rings. The van der Waals surface area contributed by atoms with Gasteiger partial charge in [-0.3, -0.25) is 9.59 Å². The molecule has 0 saturated heterocycles. The van der Waals surface area contributed by atoms with Gasteiger partial charge < -0.3 is 10.2 Å². The van der Waals surface area contributed by atoms with Crippen molar-refractivity contribution >= 4 is 28.3 Å². The highest BCUT2D eigenvalue weighted by molar-refractivity contribution is 7.15. The molecule has 0 unspecified atom stereocenters. The van der Waals surface area contributed by atoms with Gasteiger partial charge in [0.15, 0.2) is 5.13 Å². The van der Waals surface area contributed by atoms with Crippen LogP contribution in [0.3, 0.4) is 0 Å². The van der Waals surface area contributed by atoms with E-state index in [1.54, 1.807) is 24.4 Å². The monoisotopic (exact) mass is 405 g/mol. The Morgan fingerprint density at radius 3 is 2.54 bits per heavy atom. The summed E-state index contributed by atoms with van der Waals surface area (Å²) < 4.78 is 13.7. The Morgan fingerprint density at radius 2 is 1.86 bits per heavy atom. The van der Waals surface area contributed by atoms with Crippen LogP contribution in [-0.2, 0) is 16.0 Å². The van der Waals surface area contributed by atoms with Crippen molar-refractivity contribution in [1.82, 2.24) is 9.88 Å². The molecular weight excluding hydrogens is 377 g/mol. The molecule has 0 aliphatic rings. The first-order valence-corrected chi connectivity index (χ1v) is 10.6. The van der Waals surface area contributed by atoms with Gasteiger partial charge >= 0.3 is 0 Å². The number of hydrogen-bond donors (Lipinski definition) is 1. The quantitative estimate of drug-likeness (QED) is 0.593. The summed E-state index contributed by atoms with van der Waals surface area (Å²) in [5, 5.41) is 3.27. The van der Waals surface area contributed by atoms with E-state index in [1.807, 2.05) is 4.90 Å². The summed E-state index contributed by atoms with van der Waals surface area (Å²) in [7, 11) is 0. The summed E-state index contributed by atoms with van der Waals surface area (Å²) in [4.78, 5) is 31.3. The Hall–Kier alpha value is -2.28. The van der Waals surface area contributed by atoms with E-state index in [0.29, 0.717) is 30.0 Å². The number of nitrogens with zero attached hydrogens (tertiary/aromatic N) is 2. The summed E-state index contributed by atoms with van der Waals surface area (Å²) in [6.07, 6.45) is 5.14. The molecule has 0 fully saturated rings. The summed E-state index contributed by atoms with van der Waals surface area (Å²) >= 11 is 1.34. The van der Waals surface area contributed by atoms with Crippen molar-refractivity contribution in [1.29, 1.82) is 0 Å². The number of carbonyl (C=O) groups excluding carboxylic acids is 2. The molecular formula is C21H28FN3O2S. The fourth-order valence-corrected chi connectivity index (χ4v) is 3.77. The van der Waals surface area contributed by atoms with Crippen LogP contribution in [0.25, 0.3) is 0 Å². The van der Waals surface area contributed by atoms with Crippen LogP contribution in [0.2, 0.25) is 0 Å². The first-order valence-electron chi connectivity index (χ1n) is 9.79. The third-order valence-corrected chi connectivity index (χ3v) is 5.17. The van der Waals surface area contributed by atoms with E-state index in [9.17, 15) is 14.0 Å². The maximum Gasteiger partial charge on any atom is 0.226 e. The van der Waals surface area contributed by atoms with Gasteiger partial charge in [-0.1, -0.05) is 32.0 Å². The average Bonchev–Trinajstić information content (AvgIpc) is 3.10. The van der Waals surface area contributed by atoms with Gasteiger partial charge in [0.25, 0.3) is 0 Å². The molecule has 7 heteroatoms. The lowest BCUT2D eigenvalue weighted by molar-refractivity contribution is -0.131. The molecule has 5 nitrogen and oxygen atoms in total. The minimum Gasteiger partial charge on any atom is -0.343 e. The molecule has 0 saturated carbocycles. The predicted molar refractivity (Wildman–Crippen MR) is 111 cm³/mol. The zero-order chi connectivity index (χ0) is 20.4. The van der Waals surface area contributed by atoms with Crippen LogP contribution >= 0.6 is 11.3 Å². The van der Waals surface area contributed by atoms with Crippen LogP contribution in [0.1, 0.15) is 56.4 Å². The topological polar surface area (TPSA) is 62.3 Å². The Balaban J connectivity index is 1.77. The highest BCUT2D eigenvalue weighted by atomic mass is 32.1. The van der Waals surface area contributed by atoms with Gasteiger partial charge in [-0.2, -0.15) is 0 Å². The molecule has 1 heterocycles. The highest BCUT2D eigenvalue weighted by Crippen LogP contribution is 2.22. The third kappa shape index (κ3) is 7.03. The maximum atomic E-state index is 13.7. The fraction of sp³-hybridized carbons (Fsp3) is 0.476. The highest BCUT2D eigenvalue weighted by Gasteiger charge is 2.13. The van der Waals surface area contributed by atoms with E-state index in [0.717, 1.165) is 30.8 Å². The molecule has 28 heavy (non-hydrogen) atoms. The molecule has 2 rings (SSSR count). The molecule has 0 spiro atoms. The van der Waals surface area contributed by atoms with Crippen LogP contribution in [-0.4, -0.2) is 34.8 Å². The molecule has 2 amide bonds. The number of aromatic nitrogens is 1. The molecule has 1 aromatic heterocycles. The van der Waals surface area contributed by atoms with Crippen molar-refractivity contribution in [3.8, 4) is 0 Å². The largest absolute Gasteiger partial charge is 0.343 e. The summed E-state index contributed by atoms with van der Waals surface area (Å²) in [6.45, 7) is 5.64. The van der Waals surface area contributed by atoms with Crippen LogP contribution in [0.4, 0.5) is 9.52 Å². The number of nitrogens with one attached hydrogen (secondary N) is 1. The van der Waals surface area contributed by atoms with Crippen molar-refractivity contribution < 1.29 is 14.0 Å². The number of amides is 2. The number of carbonyl (C=O) groups is 2. The molecule has 0 atom stereocenters. The first-order chi connectivity index (χ1) is 13.5. The van der Waals surface area contributed by atoms with E-state index in [1.165, 1.54) is 17.4 Å². The number of benzene rings is 1. The Labute approximate surface area is 170 Å². The number of thiazole rings is 1. The van der Waals surface area contributed by atoms with Crippen molar-refractivity contribution in [3.05, 3.63) is 46.7 Å². The third-order valence-electron chi connectivity index (χ3n) is 4.26. The number of halogens is 1. The van der Waals surface area contributed by atoms with E-state index in [4.69, 9.17) is 0 Å². The van der Waals surface area contributed by atoms with Gasteiger partial charge in [0.1, 0.15) is 5.82 Å². The van der Waals surface area contributed by atoms with Gasteiger partial charge in [-0.25, -0.2) is 9.37 Å². The lowest BCUT2D eigenvalue weighted by Gasteiger charge is -2.21. The smallest absolute Gasteiger partial charge is 0.226 e. The van der Waals surface area contributed by atoms with E-state index in [2.05, 4.69) is 24.1 Å². The van der Waals surface area contributed by atoms with Crippen LogP contribution in [0.15, 0.2) is 30.5 Å². The fourth-order valence-electron chi connectivity index (χ4n) is 2.92. The normalized spacial score (nSPS) is 10.7. The maximum absolute atomic E-state index is 13.7. The molecule has 152 valence electrons. The molecule has 1 N–H and O–H groups in total. The van der Waals surface area contributed by atoms with Gasteiger partial charge in [0, 0.05) is 43.4 Å². The van der Waals surface area contributed by atoms with Gasteiger partial charge in [0.05, 0.1) is 0 Å². The summed E-state index contributed by atoms with van der Waals surface area (Å²) in [6, 6.07) is 6.63. The minimum absolute atomic E-state index is 0.109. The molecule has 1 aromatic carbocycles. The van der Waals surface area contributed by atoms with Gasteiger partial charge in [0.2, 0.25) is 11.8 Å². The summed E-state index contributed by atoms with van der Waals surface area (Å²) in [5.74, 6) is -0.290. The summed E-state index contributed by atoms with van der Waals surface area (Å²) in [5.41, 5.74) is 0.603. The zero-order valence-corrected chi connectivity index (χ0v) is 17.4. The molecule has 0 radical (unpaired) electrons. The number of rotatable bonds is 11. The second kappa shape index (κ2) is 11.5. The van der Waals surface area contributed by atoms with E-state index >= 15 is 0 Å². The number of anilines is 1. The van der Waals surface area contributed by atoms with Crippen LogP contribution in [0, 0.1) is 5.82 Å². The predicted octanol–water partition coefficient (Wildman–Crippen LogP) is 4.63. The Bertz CT molecular complexity index is 773. The molecule has 0 bridgehead atoms. The zero-order valence-electron chi connectivity index (χ0n) is 16.5. The van der Waals surface area contributed by atoms with Crippen molar-refractivity contribution in [2.75, 3.05) is 18.4 Å². The Morgan fingerprint density at radius 1 is 1.14 bits per heavy atom. The van der Waals surface area contributed by atoms with Crippen molar-refractivity contribution in [2.24, 2.45) is 0 Å². The SMILES string of the molecule is CCCN(CCC)C(=O)CCCC(=O)Nc1ncc(Cc2ccccc2F)s1. The minimum atomic E-state index is -0.244. The first kappa shape index (κ1) is 22.0. The van der Waals surface area contributed by atoms with Crippen LogP contribution in [0.5, 0.6) is 0 Å². The number of hydrogen-bond acceptors (Lipinski definition) is 4. The standard InChI is InChI=1S/C21H28FN3O2S/c1-3-12-25(13-4-2)20(27)11-7-10-19(26)24-21-23-15-17(28-21)14-16-8-5-6-9-18(16)22/h5-6,8-9,15H,3-4,7,10-14H2,1-2H3,(H,23,24,26). The molecule has 0 aliphatic heterocycles. The lowest BCUT2D eigenvalue weighted by atomic mass is 10.1. The second-order valence-corrected chi connectivity index (χ2v) is 7.80. The average molecular weight is 406 g/mol. The van der Waals surface area contributed by atoms with E-state index in [-0.39, 0.29) is 24.1 Å². The van der Waals surface area contributed by atoms with Crippen molar-refractivity contribution in [2.45, 2.75) is 52.4 Å². The second-order valence-electron chi connectivity index (χ2n) is 6.68.